The third-order valence-electron chi connectivity index (χ3n) is 3.22. The number of hydrogen-bond donors (Lipinski definition) is 2. The second kappa shape index (κ2) is 11.6. The van der Waals surface area contributed by atoms with Crippen LogP contribution >= 0.6 is 35.7 Å². The maximum atomic E-state index is 12.3. The molecule has 1 heterocycles. The Morgan fingerprint density at radius 2 is 2.09 bits per heavy atom. The molecule has 1 aliphatic heterocycles. The molecule has 132 valence electrons. The van der Waals surface area contributed by atoms with Gasteiger partial charge in [0.2, 0.25) is 0 Å². The van der Waals surface area contributed by atoms with Crippen LogP contribution in [-0.2, 0) is 0 Å². The fourth-order valence-electron chi connectivity index (χ4n) is 2.29. The van der Waals surface area contributed by atoms with Crippen LogP contribution in [0.15, 0.2) is 4.99 Å². The van der Waals surface area contributed by atoms with E-state index in [1.165, 1.54) is 4.90 Å². The molecule has 0 aromatic carbocycles. The van der Waals surface area contributed by atoms with Crippen LogP contribution in [0.25, 0.3) is 0 Å². The van der Waals surface area contributed by atoms with E-state index in [1.54, 1.807) is 11.8 Å². The normalized spacial score (nSPS) is 19.9. The van der Waals surface area contributed by atoms with Crippen LogP contribution in [0.4, 0.5) is 13.2 Å². The number of alkyl halides is 3. The van der Waals surface area contributed by atoms with E-state index in [0.29, 0.717) is 19.6 Å². The van der Waals surface area contributed by atoms with E-state index >= 15 is 0 Å². The van der Waals surface area contributed by atoms with Crippen molar-refractivity contribution in [2.45, 2.75) is 19.5 Å². The van der Waals surface area contributed by atoms with E-state index in [2.05, 4.69) is 15.6 Å². The van der Waals surface area contributed by atoms with Gasteiger partial charge in [0.25, 0.3) is 0 Å². The molecule has 0 aromatic heterocycles. The third kappa shape index (κ3) is 9.98. The molecule has 1 atom stereocenters. The fraction of sp³-hybridized carbons (Fsp3) is 0.923. The summed E-state index contributed by atoms with van der Waals surface area (Å²) in [5.74, 6) is 1.96. The van der Waals surface area contributed by atoms with Gasteiger partial charge >= 0.3 is 6.18 Å². The van der Waals surface area contributed by atoms with Crippen molar-refractivity contribution < 1.29 is 13.2 Å². The van der Waals surface area contributed by atoms with Crippen molar-refractivity contribution in [1.82, 2.24) is 15.5 Å². The summed E-state index contributed by atoms with van der Waals surface area (Å²) in [7, 11) is 0. The van der Waals surface area contributed by atoms with Crippen LogP contribution < -0.4 is 10.6 Å². The van der Waals surface area contributed by atoms with Crippen LogP contribution in [0, 0.1) is 5.92 Å². The van der Waals surface area contributed by atoms with Gasteiger partial charge < -0.3 is 10.6 Å². The number of likely N-dealkylation sites (tertiary alicyclic amines) is 1. The molecule has 0 spiro atoms. The number of hydrogen-bond acceptors (Lipinski definition) is 3. The van der Waals surface area contributed by atoms with E-state index in [0.717, 1.165) is 31.2 Å². The molecule has 0 bridgehead atoms. The Labute approximate surface area is 152 Å². The number of thioether (sulfide) groups is 1. The number of rotatable bonds is 7. The van der Waals surface area contributed by atoms with Crippen LogP contribution in [0.2, 0.25) is 0 Å². The molecule has 1 rings (SSSR count). The predicted octanol–water partition coefficient (Wildman–Crippen LogP) is 2.41. The van der Waals surface area contributed by atoms with Gasteiger partial charge in [-0.1, -0.05) is 0 Å². The summed E-state index contributed by atoms with van der Waals surface area (Å²) in [6.45, 7) is 4.35. The molecule has 0 aliphatic carbocycles. The molecule has 1 unspecified atom stereocenters. The standard InChI is InChI=1S/C13H25F3N4S.HI/c1-3-17-12(18-5-7-21-2)19-8-11-4-6-20(9-11)10-13(14,15)16;/h11H,3-10H2,1-2H3,(H2,17,18,19);1H. The average Bonchev–Trinajstić information content (AvgIpc) is 2.81. The first-order chi connectivity index (χ1) is 9.94. The number of guanidine groups is 1. The molecule has 22 heavy (non-hydrogen) atoms. The molecule has 1 saturated heterocycles. The molecular weight excluding hydrogens is 428 g/mol. The summed E-state index contributed by atoms with van der Waals surface area (Å²) < 4.78 is 37.0. The number of aliphatic imine (C=N–C) groups is 1. The lowest BCUT2D eigenvalue weighted by Gasteiger charge is -2.17. The highest BCUT2D eigenvalue weighted by molar-refractivity contribution is 14.0. The molecule has 2 N–H and O–H groups in total. The number of nitrogens with one attached hydrogen (secondary N) is 2. The third-order valence-corrected chi connectivity index (χ3v) is 3.84. The van der Waals surface area contributed by atoms with Gasteiger partial charge in [0.1, 0.15) is 0 Å². The fourth-order valence-corrected chi connectivity index (χ4v) is 2.60. The lowest BCUT2D eigenvalue weighted by Crippen LogP contribution is -2.39. The Kier molecular flexibility index (Phi) is 11.7. The molecule has 0 amide bonds. The Bertz CT molecular complexity index is 329. The summed E-state index contributed by atoms with van der Waals surface area (Å²) in [6, 6.07) is 0. The second-order valence-corrected chi connectivity index (χ2v) is 6.13. The van der Waals surface area contributed by atoms with Crippen molar-refractivity contribution in [2.75, 3.05) is 51.3 Å². The molecule has 1 fully saturated rings. The minimum Gasteiger partial charge on any atom is -0.357 e. The van der Waals surface area contributed by atoms with Crippen LogP contribution in [0.1, 0.15) is 13.3 Å². The highest BCUT2D eigenvalue weighted by atomic mass is 127. The van der Waals surface area contributed by atoms with Crippen molar-refractivity contribution in [3.05, 3.63) is 0 Å². The summed E-state index contributed by atoms with van der Waals surface area (Å²) in [4.78, 5) is 5.94. The lowest BCUT2D eigenvalue weighted by atomic mass is 10.1. The van der Waals surface area contributed by atoms with E-state index in [1.807, 2.05) is 13.2 Å². The molecule has 4 nitrogen and oxygen atoms in total. The van der Waals surface area contributed by atoms with Crippen molar-refractivity contribution in [1.29, 1.82) is 0 Å². The van der Waals surface area contributed by atoms with Gasteiger partial charge in [-0.15, -0.1) is 24.0 Å². The maximum Gasteiger partial charge on any atom is 0.401 e. The number of nitrogens with zero attached hydrogens (tertiary/aromatic N) is 2. The highest BCUT2D eigenvalue weighted by Gasteiger charge is 2.34. The predicted molar refractivity (Wildman–Crippen MR) is 98.4 cm³/mol. The minimum absolute atomic E-state index is 0. The van der Waals surface area contributed by atoms with Crippen LogP contribution in [0.3, 0.4) is 0 Å². The first-order valence-electron chi connectivity index (χ1n) is 7.24. The van der Waals surface area contributed by atoms with Gasteiger partial charge in [-0.25, -0.2) is 0 Å². The zero-order valence-corrected chi connectivity index (χ0v) is 16.2. The van der Waals surface area contributed by atoms with Crippen molar-refractivity contribution in [3.63, 3.8) is 0 Å². The van der Waals surface area contributed by atoms with Crippen LogP contribution in [0.5, 0.6) is 0 Å². The van der Waals surface area contributed by atoms with E-state index < -0.39 is 12.7 Å². The first kappa shape index (κ1) is 22.1. The Hall–Kier alpha value is 0.1000. The minimum atomic E-state index is -4.10. The van der Waals surface area contributed by atoms with E-state index in [4.69, 9.17) is 0 Å². The van der Waals surface area contributed by atoms with Gasteiger partial charge in [0.05, 0.1) is 6.54 Å². The summed E-state index contributed by atoms with van der Waals surface area (Å²) in [5, 5.41) is 6.37. The molecular formula is C13H26F3IN4S. The summed E-state index contributed by atoms with van der Waals surface area (Å²) >= 11 is 1.75. The summed E-state index contributed by atoms with van der Waals surface area (Å²) in [6.07, 6.45) is -1.28. The van der Waals surface area contributed by atoms with Crippen LogP contribution in [-0.4, -0.2) is 68.3 Å². The lowest BCUT2D eigenvalue weighted by molar-refractivity contribution is -0.143. The van der Waals surface area contributed by atoms with Crippen molar-refractivity contribution in [3.8, 4) is 0 Å². The Morgan fingerprint density at radius 1 is 1.36 bits per heavy atom. The van der Waals surface area contributed by atoms with Gasteiger partial charge in [0, 0.05) is 31.9 Å². The Morgan fingerprint density at radius 3 is 2.68 bits per heavy atom. The second-order valence-electron chi connectivity index (χ2n) is 5.14. The van der Waals surface area contributed by atoms with E-state index in [-0.39, 0.29) is 29.9 Å². The topological polar surface area (TPSA) is 39.7 Å². The smallest absolute Gasteiger partial charge is 0.357 e. The average molecular weight is 454 g/mol. The van der Waals surface area contributed by atoms with E-state index in [9.17, 15) is 13.2 Å². The molecule has 1 aliphatic rings. The van der Waals surface area contributed by atoms with Gasteiger partial charge in [-0.05, 0) is 32.1 Å². The first-order valence-corrected chi connectivity index (χ1v) is 8.64. The molecule has 9 heteroatoms. The zero-order chi connectivity index (χ0) is 15.7. The zero-order valence-electron chi connectivity index (χ0n) is 13.1. The van der Waals surface area contributed by atoms with Gasteiger partial charge in [-0.2, -0.15) is 24.9 Å². The largest absolute Gasteiger partial charge is 0.401 e. The number of halogens is 4. The molecule has 0 saturated carbocycles. The molecule has 0 aromatic rings. The maximum absolute atomic E-state index is 12.3. The monoisotopic (exact) mass is 454 g/mol. The van der Waals surface area contributed by atoms with Gasteiger partial charge in [-0.3, -0.25) is 9.89 Å². The molecule has 0 radical (unpaired) electrons. The quantitative estimate of drug-likeness (QED) is 0.268. The highest BCUT2D eigenvalue weighted by Crippen LogP contribution is 2.22. The SMILES string of the molecule is CCNC(=NCC1CCN(CC(F)(F)F)C1)NCCSC.I. The van der Waals surface area contributed by atoms with Crippen molar-refractivity contribution >= 4 is 41.7 Å². The summed E-state index contributed by atoms with van der Waals surface area (Å²) in [5.41, 5.74) is 0. The Balaban J connectivity index is 0.00000441. The van der Waals surface area contributed by atoms with Gasteiger partial charge in [0.15, 0.2) is 5.96 Å². The van der Waals surface area contributed by atoms with Crippen molar-refractivity contribution in [2.24, 2.45) is 10.9 Å².